The number of halogens is 4. The lowest BCUT2D eigenvalue weighted by Crippen LogP contribution is -2.26. The van der Waals surface area contributed by atoms with Gasteiger partial charge in [0.1, 0.15) is 23.3 Å². The van der Waals surface area contributed by atoms with Crippen molar-refractivity contribution in [2.75, 3.05) is 11.1 Å². The predicted molar refractivity (Wildman–Crippen MR) is 318 cm³/mol. The molecule has 0 spiro atoms. The second-order valence-corrected chi connectivity index (χ2v) is 21.8. The number of carbonyl (C=O) groups is 1. The number of imidazole rings is 1. The van der Waals surface area contributed by atoms with Crippen LogP contribution in [0.15, 0.2) is 248 Å². The van der Waals surface area contributed by atoms with Crippen molar-refractivity contribution in [2.24, 2.45) is 0 Å². The van der Waals surface area contributed by atoms with Crippen molar-refractivity contribution >= 4 is 98.1 Å². The number of aliphatic hydroxyl groups is 2. The smallest absolute Gasteiger partial charge is 0.150 e. The zero-order valence-electron chi connectivity index (χ0n) is 39.8. The van der Waals surface area contributed by atoms with Gasteiger partial charge < -0.3 is 21.3 Å². The summed E-state index contributed by atoms with van der Waals surface area (Å²) in [5.74, 6) is 0.864. The van der Waals surface area contributed by atoms with Crippen molar-refractivity contribution < 1.29 is 15.0 Å². The number of rotatable bonds is 7. The molecule has 0 amide bonds. The maximum Gasteiger partial charge on any atom is 0.150 e. The first-order valence-electron chi connectivity index (χ1n) is 24.0. The van der Waals surface area contributed by atoms with Crippen LogP contribution in [0.5, 0.6) is 0 Å². The Morgan fingerprint density at radius 1 is 0.480 bits per heavy atom. The van der Waals surface area contributed by atoms with E-state index >= 15 is 0 Å². The fourth-order valence-corrected chi connectivity index (χ4v) is 11.6. The zero-order valence-corrected chi connectivity index (χ0v) is 46.1. The molecule has 2 aliphatic rings. The number of fused-ring (bicyclic) bond motifs is 7. The highest BCUT2D eigenvalue weighted by atomic mass is 79.9. The highest BCUT2D eigenvalue weighted by molar-refractivity contribution is 9.11. The second-order valence-electron chi connectivity index (χ2n) is 18.2. The third-order valence-corrected chi connectivity index (χ3v) is 15.7. The van der Waals surface area contributed by atoms with Crippen LogP contribution in [0.1, 0.15) is 43.7 Å². The lowest BCUT2D eigenvalue weighted by Gasteiger charge is -2.27. The average molecular weight is 1240 g/mol. The number of aldehydes is 1. The van der Waals surface area contributed by atoms with E-state index in [9.17, 15) is 15.0 Å². The normalized spacial score (nSPS) is 13.0. The molecule has 11 aromatic rings. The Labute approximate surface area is 467 Å². The van der Waals surface area contributed by atoms with Crippen LogP contribution in [-0.2, 0) is 11.2 Å². The largest absolute Gasteiger partial charge is 0.397 e. The standard InChI is InChI=1S/C32H20Br2N2O.C20H12Br2O2.C12H12N2/c33-22-14-16-25-26-17-15-23(34)19-28(26)32(37,27(25)18-22)21-12-10-20(11-13-21)31-35-29-8-4-5-9-30(29)36(31)24-6-2-1-3-7-24;21-14-5-7-16-17-8-6-15(22)10-19(17)20(24,18(16)9-14)13-3-1-12(11-23)2-4-13;13-11-8-4-5-9-12(11)14-10-6-2-1-3-7-10/h1-19,37H;1-11,24H;1-9,14H,13H2. The molecule has 0 saturated heterocycles. The molecule has 75 heavy (non-hydrogen) atoms. The van der Waals surface area contributed by atoms with E-state index in [-0.39, 0.29) is 0 Å². The third-order valence-electron chi connectivity index (χ3n) is 13.7. The molecule has 7 nitrogen and oxygen atoms in total. The predicted octanol–water partition coefficient (Wildman–Crippen LogP) is 16.8. The van der Waals surface area contributed by atoms with Gasteiger partial charge in [-0.1, -0.05) is 197 Å². The number of hydrogen-bond donors (Lipinski definition) is 4. The molecular weight excluding hydrogens is 1190 g/mol. The molecule has 13 rings (SSSR count). The van der Waals surface area contributed by atoms with Crippen LogP contribution < -0.4 is 11.1 Å². The molecule has 1 aromatic heterocycles. The maximum absolute atomic E-state index is 12.4. The molecule has 0 fully saturated rings. The fraction of sp³-hybridized carbons (Fsp3) is 0.0312. The van der Waals surface area contributed by atoms with Crippen molar-refractivity contribution in [3.63, 3.8) is 0 Å². The van der Waals surface area contributed by atoms with Crippen molar-refractivity contribution in [1.82, 2.24) is 9.55 Å². The van der Waals surface area contributed by atoms with Gasteiger partial charge in [-0.2, -0.15) is 0 Å². The fourth-order valence-electron chi connectivity index (χ4n) is 10.1. The lowest BCUT2D eigenvalue weighted by molar-refractivity contribution is 0.112. The number of nitrogen functional groups attached to an aromatic ring is 1. The molecule has 5 N–H and O–H groups in total. The van der Waals surface area contributed by atoms with Gasteiger partial charge in [0.25, 0.3) is 0 Å². The van der Waals surface area contributed by atoms with E-state index in [1.54, 1.807) is 12.1 Å². The highest BCUT2D eigenvalue weighted by Crippen LogP contribution is 2.54. The number of carbonyl (C=O) groups excluding carboxylic acids is 1. The summed E-state index contributed by atoms with van der Waals surface area (Å²) in [6, 6.07) is 75.5. The minimum Gasteiger partial charge on any atom is -0.397 e. The second kappa shape index (κ2) is 20.8. The molecule has 0 unspecified atom stereocenters. The van der Waals surface area contributed by atoms with Crippen molar-refractivity contribution in [2.45, 2.75) is 11.2 Å². The topological polar surface area (TPSA) is 113 Å². The summed E-state index contributed by atoms with van der Waals surface area (Å²) in [4.78, 5) is 15.9. The maximum atomic E-state index is 12.4. The summed E-state index contributed by atoms with van der Waals surface area (Å²) < 4.78 is 5.88. The Balaban J connectivity index is 0.000000135. The van der Waals surface area contributed by atoms with Crippen LogP contribution in [0, 0.1) is 0 Å². The Bertz CT molecular complexity index is 3820. The molecular formula is C64H44Br4N4O3. The van der Waals surface area contributed by atoms with Gasteiger partial charge in [0, 0.05) is 62.6 Å². The summed E-state index contributed by atoms with van der Waals surface area (Å²) in [5, 5.41) is 27.4. The quantitative estimate of drug-likeness (QED) is 0.0934. The number of aromatic nitrogens is 2. The summed E-state index contributed by atoms with van der Waals surface area (Å²) in [6.07, 6.45) is 0.803. The van der Waals surface area contributed by atoms with Gasteiger partial charge in [-0.3, -0.25) is 9.36 Å². The van der Waals surface area contributed by atoms with E-state index in [0.717, 1.165) is 125 Å². The Hall–Kier alpha value is -7.22. The number of hydrogen-bond acceptors (Lipinski definition) is 6. The van der Waals surface area contributed by atoms with Crippen LogP contribution in [0.4, 0.5) is 17.1 Å². The van der Waals surface area contributed by atoms with Crippen LogP contribution in [0.25, 0.3) is 50.4 Å². The van der Waals surface area contributed by atoms with Gasteiger partial charge in [-0.15, -0.1) is 0 Å². The van der Waals surface area contributed by atoms with E-state index in [4.69, 9.17) is 10.7 Å². The highest BCUT2D eigenvalue weighted by Gasteiger charge is 2.45. The molecule has 0 bridgehead atoms. The SMILES string of the molecule is Nc1ccccc1Nc1ccccc1.O=Cc1ccc(C2(O)c3cc(Br)ccc3-c3ccc(Br)cc32)cc1.OC1(c2ccc(-c3nc4ccccc4n3-c3ccccc3)cc2)c2cc(Br)ccc2-c2ccc(Br)cc21. The molecule has 0 aliphatic heterocycles. The van der Waals surface area contributed by atoms with Gasteiger partial charge >= 0.3 is 0 Å². The molecule has 10 aromatic carbocycles. The number of nitrogens with two attached hydrogens (primary N) is 1. The molecule has 366 valence electrons. The first kappa shape index (κ1) is 50.0. The number of benzene rings is 10. The molecule has 0 atom stereocenters. The van der Waals surface area contributed by atoms with Gasteiger partial charge in [-0.25, -0.2) is 4.98 Å². The van der Waals surface area contributed by atoms with Crippen LogP contribution in [0.2, 0.25) is 0 Å². The Morgan fingerprint density at radius 2 is 0.907 bits per heavy atom. The summed E-state index contributed by atoms with van der Waals surface area (Å²) in [6.45, 7) is 0. The van der Waals surface area contributed by atoms with Gasteiger partial charge in [0.15, 0.2) is 0 Å². The van der Waals surface area contributed by atoms with E-state index in [2.05, 4.69) is 116 Å². The van der Waals surface area contributed by atoms with Crippen molar-refractivity contribution in [3.05, 3.63) is 287 Å². The Morgan fingerprint density at radius 3 is 1.39 bits per heavy atom. The average Bonchev–Trinajstić information content (AvgIpc) is 4.06. The molecule has 2 aliphatic carbocycles. The van der Waals surface area contributed by atoms with E-state index < -0.39 is 11.2 Å². The zero-order chi connectivity index (χ0) is 51.8. The van der Waals surface area contributed by atoms with E-state index in [1.807, 2.05) is 176 Å². The van der Waals surface area contributed by atoms with E-state index in [0.29, 0.717) is 5.56 Å². The number of nitrogens with one attached hydrogen (secondary N) is 1. The molecule has 11 heteroatoms. The first-order chi connectivity index (χ1) is 36.4. The summed E-state index contributed by atoms with van der Waals surface area (Å²) in [7, 11) is 0. The number of nitrogens with zero attached hydrogens (tertiary/aromatic N) is 2. The third kappa shape index (κ3) is 9.39. The van der Waals surface area contributed by atoms with Gasteiger partial charge in [-0.05, 0) is 130 Å². The first-order valence-corrected chi connectivity index (χ1v) is 27.1. The lowest BCUT2D eigenvalue weighted by atomic mass is 9.84. The number of anilines is 3. The van der Waals surface area contributed by atoms with E-state index in [1.165, 1.54) is 0 Å². The van der Waals surface area contributed by atoms with Crippen molar-refractivity contribution in [3.8, 4) is 39.3 Å². The van der Waals surface area contributed by atoms with Gasteiger partial charge in [0.05, 0.1) is 22.4 Å². The number of para-hydroxylation sites is 6. The van der Waals surface area contributed by atoms with Gasteiger partial charge in [0.2, 0.25) is 0 Å². The summed E-state index contributed by atoms with van der Waals surface area (Å²) >= 11 is 14.2. The monoisotopic (exact) mass is 1230 g/mol. The van der Waals surface area contributed by atoms with Crippen LogP contribution in [0.3, 0.4) is 0 Å². The minimum absolute atomic E-state index is 0.587. The van der Waals surface area contributed by atoms with Crippen LogP contribution >= 0.6 is 63.7 Å². The Kier molecular flexibility index (Phi) is 13.9. The molecule has 0 radical (unpaired) electrons. The van der Waals surface area contributed by atoms with Crippen molar-refractivity contribution in [1.29, 1.82) is 0 Å². The minimum atomic E-state index is -1.27. The molecule has 0 saturated carbocycles. The summed E-state index contributed by atoms with van der Waals surface area (Å²) in [5.41, 5.74) is 19.8. The van der Waals surface area contributed by atoms with Crippen LogP contribution in [-0.4, -0.2) is 26.1 Å². The molecule has 1 heterocycles.